The Morgan fingerprint density at radius 1 is 1.52 bits per heavy atom. The zero-order valence-electron chi connectivity index (χ0n) is 11.7. The highest BCUT2D eigenvalue weighted by molar-refractivity contribution is 5.90. The predicted molar refractivity (Wildman–Crippen MR) is 77.8 cm³/mol. The van der Waals surface area contributed by atoms with E-state index >= 15 is 0 Å². The minimum absolute atomic E-state index is 0.199. The topological polar surface area (TPSA) is 94.1 Å². The van der Waals surface area contributed by atoms with Crippen LogP contribution in [0.1, 0.15) is 12.2 Å². The number of aryl methyl sites for hydroxylation is 1. The van der Waals surface area contributed by atoms with E-state index in [1.165, 1.54) is 0 Å². The van der Waals surface area contributed by atoms with Gasteiger partial charge in [0.2, 0.25) is 0 Å². The van der Waals surface area contributed by atoms with Crippen molar-refractivity contribution in [2.45, 2.75) is 19.4 Å². The maximum atomic E-state index is 12.1. The van der Waals surface area contributed by atoms with Crippen LogP contribution in [0.2, 0.25) is 0 Å². The Bertz CT molecular complexity index is 654. The summed E-state index contributed by atoms with van der Waals surface area (Å²) < 4.78 is 0. The number of hydrogen-bond acceptors (Lipinski definition) is 4. The van der Waals surface area contributed by atoms with Gasteiger partial charge in [0.25, 0.3) is 0 Å². The molecule has 0 radical (unpaired) electrons. The lowest BCUT2D eigenvalue weighted by molar-refractivity contribution is 0.176. The second-order valence-electron chi connectivity index (χ2n) is 5.14. The average Bonchev–Trinajstić information content (AvgIpc) is 3.08. The van der Waals surface area contributed by atoms with Crippen molar-refractivity contribution in [2.75, 3.05) is 18.4 Å². The summed E-state index contributed by atoms with van der Waals surface area (Å²) in [5, 5.41) is 19.2. The van der Waals surface area contributed by atoms with Gasteiger partial charge in [0.05, 0.1) is 6.10 Å². The molecule has 0 saturated carbocycles. The molecule has 0 bridgehead atoms. The zero-order valence-corrected chi connectivity index (χ0v) is 11.7. The number of likely N-dealkylation sites (tertiary alicyclic amines) is 1. The summed E-state index contributed by atoms with van der Waals surface area (Å²) in [6, 6.07) is 7.17. The van der Waals surface area contributed by atoms with Gasteiger partial charge in [-0.15, -0.1) is 0 Å². The normalized spacial score (nSPS) is 18.0. The van der Waals surface area contributed by atoms with Crippen molar-refractivity contribution < 1.29 is 9.90 Å². The maximum Gasteiger partial charge on any atom is 0.321 e. The van der Waals surface area contributed by atoms with Gasteiger partial charge in [0, 0.05) is 24.3 Å². The van der Waals surface area contributed by atoms with Crippen LogP contribution in [-0.2, 0) is 0 Å². The van der Waals surface area contributed by atoms with Crippen molar-refractivity contribution in [3.05, 3.63) is 30.1 Å². The van der Waals surface area contributed by atoms with Gasteiger partial charge in [-0.25, -0.2) is 9.78 Å². The average molecular weight is 287 g/mol. The van der Waals surface area contributed by atoms with Crippen LogP contribution >= 0.6 is 0 Å². The summed E-state index contributed by atoms with van der Waals surface area (Å²) in [6.07, 6.45) is 0.211. The number of nitrogens with zero attached hydrogens (tertiary/aromatic N) is 3. The molecule has 1 aromatic carbocycles. The van der Waals surface area contributed by atoms with E-state index in [0.29, 0.717) is 31.0 Å². The molecule has 1 aromatic heterocycles. The lowest BCUT2D eigenvalue weighted by Gasteiger charge is -2.16. The maximum absolute atomic E-state index is 12.1. The minimum atomic E-state index is -0.418. The standard InChI is InChI=1S/C14H17N5O2/c1-9-15-13(18-17-9)10-3-2-4-11(7-10)16-14(21)19-6-5-12(20)8-19/h2-4,7,12,20H,5-6,8H2,1H3,(H,16,21)(H,15,17,18)/t12-/m0/s1. The first kappa shape index (κ1) is 13.6. The van der Waals surface area contributed by atoms with Crippen molar-refractivity contribution >= 4 is 11.7 Å². The highest BCUT2D eigenvalue weighted by Gasteiger charge is 2.24. The number of β-amino-alcohol motifs (C(OH)–C–C–N with tert-alkyl or cyclic N) is 1. The molecule has 2 heterocycles. The van der Waals surface area contributed by atoms with Gasteiger partial charge in [-0.1, -0.05) is 12.1 Å². The summed E-state index contributed by atoms with van der Waals surface area (Å²) in [5.74, 6) is 1.34. The van der Waals surface area contributed by atoms with E-state index in [-0.39, 0.29) is 6.03 Å². The molecule has 2 amide bonds. The van der Waals surface area contributed by atoms with E-state index in [1.807, 2.05) is 31.2 Å². The van der Waals surface area contributed by atoms with Crippen LogP contribution in [0.3, 0.4) is 0 Å². The Hall–Kier alpha value is -2.41. The van der Waals surface area contributed by atoms with E-state index in [1.54, 1.807) is 4.90 Å². The van der Waals surface area contributed by atoms with Crippen molar-refractivity contribution in [1.82, 2.24) is 20.1 Å². The Labute approximate surface area is 122 Å². The number of aromatic amines is 1. The summed E-state index contributed by atoms with van der Waals surface area (Å²) in [6.45, 7) is 2.79. The molecule has 1 fully saturated rings. The molecular weight excluding hydrogens is 270 g/mol. The molecule has 21 heavy (non-hydrogen) atoms. The number of amides is 2. The summed E-state index contributed by atoms with van der Waals surface area (Å²) >= 11 is 0. The second-order valence-corrected chi connectivity index (χ2v) is 5.14. The SMILES string of the molecule is Cc1nc(-c2cccc(NC(=O)N3CC[C@H](O)C3)c2)n[nH]1. The number of carbonyl (C=O) groups is 1. The first-order chi connectivity index (χ1) is 10.1. The summed E-state index contributed by atoms with van der Waals surface area (Å²) in [7, 11) is 0. The lowest BCUT2D eigenvalue weighted by Crippen LogP contribution is -2.33. The molecule has 1 atom stereocenters. The third-order valence-corrected chi connectivity index (χ3v) is 3.42. The van der Waals surface area contributed by atoms with Crippen LogP contribution in [0.25, 0.3) is 11.4 Å². The van der Waals surface area contributed by atoms with Crippen LogP contribution in [0, 0.1) is 6.92 Å². The van der Waals surface area contributed by atoms with Crippen molar-refractivity contribution in [3.63, 3.8) is 0 Å². The first-order valence-electron chi connectivity index (χ1n) is 6.85. The highest BCUT2D eigenvalue weighted by Crippen LogP contribution is 2.20. The largest absolute Gasteiger partial charge is 0.391 e. The number of hydrogen-bond donors (Lipinski definition) is 3. The molecule has 1 aliphatic heterocycles. The molecule has 0 spiro atoms. The van der Waals surface area contributed by atoms with Crippen molar-refractivity contribution in [2.24, 2.45) is 0 Å². The fourth-order valence-corrected chi connectivity index (χ4v) is 2.34. The van der Waals surface area contributed by atoms with E-state index in [9.17, 15) is 9.90 Å². The number of benzene rings is 1. The predicted octanol–water partition coefficient (Wildman–Crippen LogP) is 1.38. The Morgan fingerprint density at radius 2 is 2.38 bits per heavy atom. The van der Waals surface area contributed by atoms with Crippen LogP contribution in [-0.4, -0.2) is 50.4 Å². The van der Waals surface area contributed by atoms with Gasteiger partial charge < -0.3 is 15.3 Å². The molecule has 110 valence electrons. The Kier molecular flexibility index (Phi) is 3.57. The molecular formula is C14H17N5O2. The Balaban J connectivity index is 1.73. The Morgan fingerprint density at radius 3 is 3.05 bits per heavy atom. The van der Waals surface area contributed by atoms with E-state index in [2.05, 4.69) is 20.5 Å². The molecule has 0 aliphatic carbocycles. The number of aliphatic hydroxyl groups excluding tert-OH is 1. The highest BCUT2D eigenvalue weighted by atomic mass is 16.3. The van der Waals surface area contributed by atoms with Crippen LogP contribution in [0.5, 0.6) is 0 Å². The van der Waals surface area contributed by atoms with E-state index < -0.39 is 6.10 Å². The van der Waals surface area contributed by atoms with Gasteiger partial charge >= 0.3 is 6.03 Å². The monoisotopic (exact) mass is 287 g/mol. The second kappa shape index (κ2) is 5.53. The van der Waals surface area contributed by atoms with Crippen molar-refractivity contribution in [3.8, 4) is 11.4 Å². The van der Waals surface area contributed by atoms with Gasteiger partial charge in [-0.3, -0.25) is 5.10 Å². The molecule has 7 nitrogen and oxygen atoms in total. The van der Waals surface area contributed by atoms with Gasteiger partial charge in [-0.05, 0) is 25.5 Å². The quantitative estimate of drug-likeness (QED) is 0.777. The van der Waals surface area contributed by atoms with Gasteiger partial charge in [0.15, 0.2) is 5.82 Å². The zero-order chi connectivity index (χ0) is 14.8. The molecule has 1 aliphatic rings. The third-order valence-electron chi connectivity index (χ3n) is 3.42. The van der Waals surface area contributed by atoms with Gasteiger partial charge in [-0.2, -0.15) is 5.10 Å². The number of aromatic nitrogens is 3. The number of carbonyl (C=O) groups excluding carboxylic acids is 1. The minimum Gasteiger partial charge on any atom is -0.391 e. The van der Waals surface area contributed by atoms with Crippen LogP contribution in [0.15, 0.2) is 24.3 Å². The van der Waals surface area contributed by atoms with Gasteiger partial charge in [0.1, 0.15) is 5.82 Å². The molecule has 3 N–H and O–H groups in total. The molecule has 1 saturated heterocycles. The molecule has 3 rings (SSSR count). The molecule has 2 aromatic rings. The van der Waals surface area contributed by atoms with Crippen molar-refractivity contribution in [1.29, 1.82) is 0 Å². The van der Waals surface area contributed by atoms with E-state index in [0.717, 1.165) is 11.4 Å². The lowest BCUT2D eigenvalue weighted by atomic mass is 10.2. The van der Waals surface area contributed by atoms with Crippen LogP contribution < -0.4 is 5.32 Å². The van der Waals surface area contributed by atoms with Crippen LogP contribution in [0.4, 0.5) is 10.5 Å². The fourth-order valence-electron chi connectivity index (χ4n) is 2.34. The number of aliphatic hydroxyl groups is 1. The molecule has 0 unspecified atom stereocenters. The number of nitrogens with one attached hydrogen (secondary N) is 2. The fraction of sp³-hybridized carbons (Fsp3) is 0.357. The van der Waals surface area contributed by atoms with E-state index in [4.69, 9.17) is 0 Å². The number of urea groups is 1. The number of rotatable bonds is 2. The molecule has 7 heteroatoms. The first-order valence-corrected chi connectivity index (χ1v) is 6.85. The smallest absolute Gasteiger partial charge is 0.321 e. The number of H-pyrrole nitrogens is 1. The third kappa shape index (κ3) is 3.03. The number of anilines is 1. The summed E-state index contributed by atoms with van der Waals surface area (Å²) in [4.78, 5) is 17.9. The summed E-state index contributed by atoms with van der Waals surface area (Å²) in [5.41, 5.74) is 1.51.